The number of amides is 2. The number of carbonyl (C=O) groups is 1. The van der Waals surface area contributed by atoms with Gasteiger partial charge >= 0.3 is 6.03 Å². The van der Waals surface area contributed by atoms with Crippen molar-refractivity contribution in [3.05, 3.63) is 23.8 Å². The van der Waals surface area contributed by atoms with E-state index in [1.165, 1.54) is 10.3 Å². The van der Waals surface area contributed by atoms with E-state index in [0.717, 1.165) is 43.2 Å². The molecule has 6 heteroatoms. The lowest BCUT2D eigenvalue weighted by Gasteiger charge is -2.34. The van der Waals surface area contributed by atoms with Gasteiger partial charge in [0.1, 0.15) is 0 Å². The van der Waals surface area contributed by atoms with Crippen molar-refractivity contribution in [2.75, 3.05) is 37.6 Å². The number of nitrogens with one attached hydrogen (secondary N) is 1. The largest absolute Gasteiger partial charge is 0.345 e. The predicted octanol–water partition coefficient (Wildman–Crippen LogP) is 2.71. The summed E-state index contributed by atoms with van der Waals surface area (Å²) >= 11 is 1.75. The molecule has 0 aliphatic carbocycles. The van der Waals surface area contributed by atoms with Crippen molar-refractivity contribution >= 4 is 32.7 Å². The van der Waals surface area contributed by atoms with Crippen molar-refractivity contribution in [1.82, 2.24) is 15.2 Å². The van der Waals surface area contributed by atoms with E-state index in [2.05, 4.69) is 35.3 Å². The van der Waals surface area contributed by atoms with E-state index in [1.807, 2.05) is 11.8 Å². The number of thiazole rings is 1. The minimum Gasteiger partial charge on any atom is -0.345 e. The third-order valence-corrected chi connectivity index (χ3v) is 5.09. The average molecular weight is 318 g/mol. The van der Waals surface area contributed by atoms with Crippen LogP contribution < -0.4 is 10.2 Å². The van der Waals surface area contributed by atoms with Gasteiger partial charge in [-0.15, -0.1) is 0 Å². The van der Waals surface area contributed by atoms with E-state index < -0.39 is 0 Å². The quantitative estimate of drug-likeness (QED) is 0.946. The fraction of sp³-hybridized carbons (Fsp3) is 0.500. The zero-order valence-electron chi connectivity index (χ0n) is 13.1. The molecule has 1 fully saturated rings. The molecule has 118 valence electrons. The third-order valence-electron chi connectivity index (χ3n) is 4.02. The molecular weight excluding hydrogens is 296 g/mol. The lowest BCUT2D eigenvalue weighted by Crippen LogP contribution is -2.51. The molecule has 1 aliphatic heterocycles. The molecule has 1 aliphatic rings. The summed E-state index contributed by atoms with van der Waals surface area (Å²) in [5.41, 5.74) is 2.42. The van der Waals surface area contributed by atoms with Crippen molar-refractivity contribution in [3.63, 3.8) is 0 Å². The Morgan fingerprint density at radius 2 is 2.05 bits per heavy atom. The molecule has 0 saturated carbocycles. The van der Waals surface area contributed by atoms with E-state index in [-0.39, 0.29) is 6.03 Å². The topological polar surface area (TPSA) is 48.5 Å². The Kier molecular flexibility index (Phi) is 4.47. The number of hydrogen-bond acceptors (Lipinski definition) is 4. The van der Waals surface area contributed by atoms with Gasteiger partial charge in [0.2, 0.25) is 0 Å². The maximum Gasteiger partial charge on any atom is 0.317 e. The smallest absolute Gasteiger partial charge is 0.317 e. The summed E-state index contributed by atoms with van der Waals surface area (Å²) < 4.78 is 1.25. The van der Waals surface area contributed by atoms with Gasteiger partial charge in [-0.2, -0.15) is 0 Å². The van der Waals surface area contributed by atoms with Crippen molar-refractivity contribution in [1.29, 1.82) is 0 Å². The molecule has 0 atom stereocenters. The van der Waals surface area contributed by atoms with E-state index in [9.17, 15) is 4.79 Å². The Morgan fingerprint density at radius 3 is 2.73 bits per heavy atom. The first-order chi connectivity index (χ1) is 10.7. The van der Waals surface area contributed by atoms with Crippen molar-refractivity contribution in [2.45, 2.75) is 20.3 Å². The van der Waals surface area contributed by atoms with E-state index in [4.69, 9.17) is 4.98 Å². The molecule has 0 spiro atoms. The zero-order chi connectivity index (χ0) is 15.5. The molecule has 2 amide bonds. The summed E-state index contributed by atoms with van der Waals surface area (Å²) in [6, 6.07) is 6.54. The number of benzene rings is 1. The molecule has 1 aromatic heterocycles. The highest BCUT2D eigenvalue weighted by molar-refractivity contribution is 7.22. The summed E-state index contributed by atoms with van der Waals surface area (Å²) in [4.78, 5) is 20.7. The number of anilines is 1. The minimum atomic E-state index is 0.0408. The number of urea groups is 1. The highest BCUT2D eigenvalue weighted by Gasteiger charge is 2.22. The van der Waals surface area contributed by atoms with Crippen LogP contribution in [0.5, 0.6) is 0 Å². The Morgan fingerprint density at radius 1 is 1.27 bits per heavy atom. The molecular formula is C16H22N4OS. The Bertz CT molecular complexity index is 661. The highest BCUT2D eigenvalue weighted by Crippen LogP contribution is 2.30. The molecule has 1 saturated heterocycles. The highest BCUT2D eigenvalue weighted by atomic mass is 32.1. The van der Waals surface area contributed by atoms with E-state index >= 15 is 0 Å². The molecule has 22 heavy (non-hydrogen) atoms. The Hall–Kier alpha value is -1.82. The number of hydrogen-bond donors (Lipinski definition) is 1. The van der Waals surface area contributed by atoms with Crippen LogP contribution in [0.1, 0.15) is 19.4 Å². The minimum absolute atomic E-state index is 0.0408. The normalized spacial score (nSPS) is 15.4. The maximum atomic E-state index is 11.8. The molecule has 0 unspecified atom stereocenters. The van der Waals surface area contributed by atoms with Crippen LogP contribution in [0.25, 0.3) is 10.2 Å². The van der Waals surface area contributed by atoms with Gasteiger partial charge in [0.15, 0.2) is 5.13 Å². The molecule has 0 radical (unpaired) electrons. The van der Waals surface area contributed by atoms with Crippen LogP contribution in [-0.4, -0.2) is 48.6 Å². The number of piperazine rings is 1. The predicted molar refractivity (Wildman–Crippen MR) is 91.9 cm³/mol. The van der Waals surface area contributed by atoms with Gasteiger partial charge in [-0.05, 0) is 31.0 Å². The second-order valence-electron chi connectivity index (χ2n) is 5.46. The van der Waals surface area contributed by atoms with Gasteiger partial charge in [-0.3, -0.25) is 0 Å². The summed E-state index contributed by atoms with van der Waals surface area (Å²) in [6.07, 6.45) is 1.05. The SMILES string of the molecule is CCNC(=O)N1CCN(c2nc3ccc(CC)cc3s2)CC1. The Balaban J connectivity index is 1.69. The second kappa shape index (κ2) is 6.52. The van der Waals surface area contributed by atoms with Gasteiger partial charge in [0.05, 0.1) is 10.2 Å². The maximum absolute atomic E-state index is 11.8. The van der Waals surface area contributed by atoms with Crippen LogP contribution in [-0.2, 0) is 6.42 Å². The van der Waals surface area contributed by atoms with E-state index in [0.29, 0.717) is 6.54 Å². The average Bonchev–Trinajstić information content (AvgIpc) is 2.98. The molecule has 1 N–H and O–H groups in total. The molecule has 5 nitrogen and oxygen atoms in total. The molecule has 0 bridgehead atoms. The molecule has 2 heterocycles. The first-order valence-corrected chi connectivity index (χ1v) is 8.70. The van der Waals surface area contributed by atoms with Gasteiger partial charge in [0.25, 0.3) is 0 Å². The fourth-order valence-corrected chi connectivity index (χ4v) is 3.76. The number of rotatable bonds is 3. The second-order valence-corrected chi connectivity index (χ2v) is 6.47. The van der Waals surface area contributed by atoms with Crippen molar-refractivity contribution < 1.29 is 4.79 Å². The summed E-state index contributed by atoms with van der Waals surface area (Å²) in [5.74, 6) is 0. The van der Waals surface area contributed by atoms with Gasteiger partial charge < -0.3 is 15.1 Å². The van der Waals surface area contributed by atoms with Crippen LogP contribution >= 0.6 is 11.3 Å². The number of fused-ring (bicyclic) bond motifs is 1. The summed E-state index contributed by atoms with van der Waals surface area (Å²) in [5, 5.41) is 3.93. The standard InChI is InChI=1S/C16H22N4OS/c1-3-12-5-6-13-14(11-12)22-16(18-13)20-9-7-19(8-10-20)15(21)17-4-2/h5-6,11H,3-4,7-10H2,1-2H3,(H,17,21). The van der Waals surface area contributed by atoms with Crippen LogP contribution in [0, 0.1) is 0 Å². The zero-order valence-corrected chi connectivity index (χ0v) is 13.9. The first-order valence-electron chi connectivity index (χ1n) is 7.88. The van der Waals surface area contributed by atoms with Crippen LogP contribution in [0.2, 0.25) is 0 Å². The fourth-order valence-electron chi connectivity index (χ4n) is 2.68. The summed E-state index contributed by atoms with van der Waals surface area (Å²) in [6.45, 7) is 7.99. The lowest BCUT2D eigenvalue weighted by molar-refractivity contribution is 0.195. The first kappa shape index (κ1) is 15.1. The van der Waals surface area contributed by atoms with E-state index in [1.54, 1.807) is 11.3 Å². The number of aryl methyl sites for hydroxylation is 1. The third kappa shape index (κ3) is 3.02. The van der Waals surface area contributed by atoms with Crippen LogP contribution in [0.15, 0.2) is 18.2 Å². The number of nitrogens with zero attached hydrogens (tertiary/aromatic N) is 3. The molecule has 1 aromatic carbocycles. The van der Waals surface area contributed by atoms with Gasteiger partial charge in [-0.25, -0.2) is 9.78 Å². The van der Waals surface area contributed by atoms with Gasteiger partial charge in [0, 0.05) is 32.7 Å². The Labute approximate surface area is 134 Å². The molecule has 3 rings (SSSR count). The van der Waals surface area contributed by atoms with Crippen molar-refractivity contribution in [3.8, 4) is 0 Å². The number of carbonyl (C=O) groups excluding carboxylic acids is 1. The molecule has 2 aromatic rings. The van der Waals surface area contributed by atoms with Crippen LogP contribution in [0.3, 0.4) is 0 Å². The van der Waals surface area contributed by atoms with Crippen molar-refractivity contribution in [2.24, 2.45) is 0 Å². The van der Waals surface area contributed by atoms with Crippen LogP contribution in [0.4, 0.5) is 9.93 Å². The van der Waals surface area contributed by atoms with Gasteiger partial charge in [-0.1, -0.05) is 24.3 Å². The number of aromatic nitrogens is 1. The lowest BCUT2D eigenvalue weighted by atomic mass is 10.2. The summed E-state index contributed by atoms with van der Waals surface area (Å²) in [7, 11) is 0. The monoisotopic (exact) mass is 318 g/mol.